The first-order chi connectivity index (χ1) is 9.09. The first-order valence-electron chi connectivity index (χ1n) is 5.95. The zero-order chi connectivity index (χ0) is 13.6. The van der Waals surface area contributed by atoms with Crippen LogP contribution in [0.1, 0.15) is 11.1 Å². The summed E-state index contributed by atoms with van der Waals surface area (Å²) >= 11 is 12.6. The van der Waals surface area contributed by atoms with E-state index in [-0.39, 0.29) is 5.91 Å². The van der Waals surface area contributed by atoms with Gasteiger partial charge >= 0.3 is 0 Å². The molecule has 1 amide bonds. The van der Waals surface area contributed by atoms with Crippen molar-refractivity contribution >= 4 is 40.5 Å². The summed E-state index contributed by atoms with van der Waals surface area (Å²) in [6, 6.07) is 11.3. The molecule has 0 unspecified atom stereocenters. The fourth-order valence-electron chi connectivity index (χ4n) is 2.35. The summed E-state index contributed by atoms with van der Waals surface area (Å²) in [6.07, 6.45) is 0.386. The lowest BCUT2D eigenvalue weighted by Crippen LogP contribution is -2.21. The summed E-state index contributed by atoms with van der Waals surface area (Å²) in [7, 11) is 0. The van der Waals surface area contributed by atoms with Crippen LogP contribution in [0.3, 0.4) is 0 Å². The van der Waals surface area contributed by atoms with Gasteiger partial charge in [0.2, 0.25) is 5.91 Å². The van der Waals surface area contributed by atoms with Gasteiger partial charge in [-0.05, 0) is 30.2 Å². The second-order valence-electron chi connectivity index (χ2n) is 4.56. The van der Waals surface area contributed by atoms with E-state index in [1.807, 2.05) is 37.3 Å². The van der Waals surface area contributed by atoms with Crippen LogP contribution >= 0.6 is 23.2 Å². The third-order valence-corrected chi connectivity index (χ3v) is 4.09. The molecule has 4 heteroatoms. The second kappa shape index (κ2) is 4.55. The molecule has 0 N–H and O–H groups in total. The highest BCUT2D eigenvalue weighted by atomic mass is 35.5. The number of hydrogen-bond acceptors (Lipinski definition) is 1. The number of nitrogens with zero attached hydrogens (tertiary/aromatic N) is 1. The lowest BCUT2D eigenvalue weighted by Gasteiger charge is -2.21. The fraction of sp³-hybridized carbons (Fsp3) is 0.133. The maximum atomic E-state index is 12.3. The molecule has 0 saturated carbocycles. The number of carbonyl (C=O) groups is 1. The van der Waals surface area contributed by atoms with E-state index in [1.165, 1.54) is 0 Å². The summed E-state index contributed by atoms with van der Waals surface area (Å²) < 4.78 is 0. The van der Waals surface area contributed by atoms with Crippen molar-refractivity contribution in [1.29, 1.82) is 0 Å². The van der Waals surface area contributed by atoms with Gasteiger partial charge in [0.15, 0.2) is 0 Å². The van der Waals surface area contributed by atoms with Gasteiger partial charge in [-0.25, -0.2) is 0 Å². The van der Waals surface area contributed by atoms with Crippen molar-refractivity contribution in [3.8, 4) is 0 Å². The average Bonchev–Trinajstić information content (AvgIpc) is 2.72. The van der Waals surface area contributed by atoms with Crippen molar-refractivity contribution < 1.29 is 4.79 Å². The Morgan fingerprint density at radius 1 is 1.11 bits per heavy atom. The third-order valence-electron chi connectivity index (χ3n) is 3.31. The molecule has 0 radical (unpaired) electrons. The summed E-state index contributed by atoms with van der Waals surface area (Å²) in [6.45, 7) is 1.90. The Morgan fingerprint density at radius 3 is 2.63 bits per heavy atom. The van der Waals surface area contributed by atoms with Crippen molar-refractivity contribution in [1.82, 2.24) is 0 Å². The number of hydrogen-bond donors (Lipinski definition) is 0. The number of para-hydroxylation sites is 1. The molecule has 2 aromatic carbocycles. The predicted molar refractivity (Wildman–Crippen MR) is 78.5 cm³/mol. The van der Waals surface area contributed by atoms with Crippen LogP contribution in [0, 0.1) is 6.92 Å². The van der Waals surface area contributed by atoms with E-state index in [0.717, 1.165) is 16.8 Å². The Morgan fingerprint density at radius 2 is 1.84 bits per heavy atom. The van der Waals surface area contributed by atoms with Gasteiger partial charge in [-0.3, -0.25) is 9.69 Å². The largest absolute Gasteiger partial charge is 0.277 e. The van der Waals surface area contributed by atoms with Crippen molar-refractivity contribution in [3.63, 3.8) is 0 Å². The number of benzene rings is 2. The first-order valence-corrected chi connectivity index (χ1v) is 6.70. The lowest BCUT2D eigenvalue weighted by molar-refractivity contribution is -0.116. The highest BCUT2D eigenvalue weighted by Gasteiger charge is 2.31. The van der Waals surface area contributed by atoms with Crippen LogP contribution in [0.15, 0.2) is 36.4 Å². The van der Waals surface area contributed by atoms with E-state index >= 15 is 0 Å². The van der Waals surface area contributed by atoms with Gasteiger partial charge in [0, 0.05) is 0 Å². The quantitative estimate of drug-likeness (QED) is 0.756. The highest BCUT2D eigenvalue weighted by Crippen LogP contribution is 2.43. The molecule has 19 heavy (non-hydrogen) atoms. The molecule has 1 aliphatic heterocycles. The van der Waals surface area contributed by atoms with Gasteiger partial charge in [-0.1, -0.05) is 47.5 Å². The number of rotatable bonds is 1. The van der Waals surface area contributed by atoms with E-state index in [9.17, 15) is 4.79 Å². The van der Waals surface area contributed by atoms with Crippen LogP contribution < -0.4 is 4.90 Å². The zero-order valence-electron chi connectivity index (χ0n) is 10.3. The van der Waals surface area contributed by atoms with Gasteiger partial charge in [0.05, 0.1) is 27.8 Å². The predicted octanol–water partition coefficient (Wildman–Crippen LogP) is 4.52. The Hall–Kier alpha value is -1.51. The molecular formula is C15H11Cl2NO. The molecule has 0 fully saturated rings. The van der Waals surface area contributed by atoms with Crippen LogP contribution in [0.25, 0.3) is 0 Å². The smallest absolute Gasteiger partial charge is 0.236 e. The highest BCUT2D eigenvalue weighted by molar-refractivity contribution is 6.41. The number of aryl methyl sites for hydroxylation is 1. The standard InChI is InChI=1S/C15H11Cl2NO/c1-9-6-7-11(16)15(14(9)17)18-12-5-3-2-4-10(12)8-13(18)19/h2-7H,8H2,1H3. The zero-order valence-corrected chi connectivity index (χ0v) is 11.8. The molecule has 0 atom stereocenters. The van der Waals surface area contributed by atoms with E-state index in [0.29, 0.717) is 22.2 Å². The molecule has 1 heterocycles. The minimum atomic E-state index is -0.00407. The summed E-state index contributed by atoms with van der Waals surface area (Å²) in [5.74, 6) is -0.00407. The molecule has 1 aliphatic rings. The minimum Gasteiger partial charge on any atom is -0.277 e. The molecule has 0 aliphatic carbocycles. The number of amides is 1. The maximum Gasteiger partial charge on any atom is 0.236 e. The van der Waals surface area contributed by atoms with E-state index in [1.54, 1.807) is 11.0 Å². The molecule has 96 valence electrons. The minimum absolute atomic E-state index is 0.00407. The normalized spacial score (nSPS) is 13.8. The molecule has 0 spiro atoms. The topological polar surface area (TPSA) is 20.3 Å². The SMILES string of the molecule is Cc1ccc(Cl)c(N2C(=O)Cc3ccccc32)c1Cl. The fourth-order valence-corrected chi connectivity index (χ4v) is 2.89. The Balaban J connectivity index is 2.24. The third kappa shape index (κ3) is 1.92. The van der Waals surface area contributed by atoms with Crippen LogP contribution in [0.2, 0.25) is 10.0 Å². The number of anilines is 2. The van der Waals surface area contributed by atoms with Gasteiger partial charge in [-0.15, -0.1) is 0 Å². The summed E-state index contributed by atoms with van der Waals surface area (Å²) in [4.78, 5) is 13.9. The van der Waals surface area contributed by atoms with Gasteiger partial charge in [0.1, 0.15) is 0 Å². The van der Waals surface area contributed by atoms with Crippen molar-refractivity contribution in [2.45, 2.75) is 13.3 Å². The van der Waals surface area contributed by atoms with Gasteiger partial charge < -0.3 is 0 Å². The van der Waals surface area contributed by atoms with Crippen LogP contribution in [-0.4, -0.2) is 5.91 Å². The molecule has 2 aromatic rings. The number of halogens is 2. The van der Waals surface area contributed by atoms with Crippen LogP contribution in [0.5, 0.6) is 0 Å². The van der Waals surface area contributed by atoms with Crippen LogP contribution in [0.4, 0.5) is 11.4 Å². The monoisotopic (exact) mass is 291 g/mol. The number of carbonyl (C=O) groups excluding carboxylic acids is 1. The van der Waals surface area contributed by atoms with E-state index in [2.05, 4.69) is 0 Å². The number of fused-ring (bicyclic) bond motifs is 1. The second-order valence-corrected chi connectivity index (χ2v) is 5.35. The van der Waals surface area contributed by atoms with Gasteiger partial charge in [-0.2, -0.15) is 0 Å². The first kappa shape index (κ1) is 12.5. The van der Waals surface area contributed by atoms with E-state index in [4.69, 9.17) is 23.2 Å². The average molecular weight is 292 g/mol. The molecule has 0 aromatic heterocycles. The van der Waals surface area contributed by atoms with Crippen LogP contribution in [-0.2, 0) is 11.2 Å². The summed E-state index contributed by atoms with van der Waals surface area (Å²) in [5.41, 5.74) is 3.35. The molecule has 2 nitrogen and oxygen atoms in total. The van der Waals surface area contributed by atoms with E-state index < -0.39 is 0 Å². The molecule has 0 saturated heterocycles. The summed E-state index contributed by atoms with van der Waals surface area (Å²) in [5, 5.41) is 1.01. The Kier molecular flexibility index (Phi) is 3.00. The maximum absolute atomic E-state index is 12.3. The Bertz CT molecular complexity index is 682. The van der Waals surface area contributed by atoms with Crippen molar-refractivity contribution in [3.05, 3.63) is 57.6 Å². The Labute approximate surface area is 121 Å². The van der Waals surface area contributed by atoms with Crippen molar-refractivity contribution in [2.24, 2.45) is 0 Å². The van der Waals surface area contributed by atoms with Crippen molar-refractivity contribution in [2.75, 3.05) is 4.90 Å². The molecular weight excluding hydrogens is 281 g/mol. The molecule has 3 rings (SSSR count). The van der Waals surface area contributed by atoms with Gasteiger partial charge in [0.25, 0.3) is 0 Å². The molecule has 0 bridgehead atoms. The lowest BCUT2D eigenvalue weighted by atomic mass is 10.1.